The summed E-state index contributed by atoms with van der Waals surface area (Å²) in [6, 6.07) is 3.89. The van der Waals surface area contributed by atoms with Gasteiger partial charge >= 0.3 is 0 Å². The van der Waals surface area contributed by atoms with Gasteiger partial charge in [0.15, 0.2) is 0 Å². The first-order valence-electron chi connectivity index (χ1n) is 6.24. The van der Waals surface area contributed by atoms with E-state index in [1.54, 1.807) is 10.9 Å². The Morgan fingerprint density at radius 1 is 1.33 bits per heavy atom. The van der Waals surface area contributed by atoms with Crippen LogP contribution in [0.2, 0.25) is 0 Å². The lowest BCUT2D eigenvalue weighted by Gasteiger charge is -2.13. The molecule has 0 amide bonds. The summed E-state index contributed by atoms with van der Waals surface area (Å²) in [5.41, 5.74) is 1.82. The van der Waals surface area contributed by atoms with E-state index >= 15 is 0 Å². The SMILES string of the molecule is CCc1cccnc1C(O)Cc1ncnn1CC. The van der Waals surface area contributed by atoms with Gasteiger partial charge in [-0.2, -0.15) is 5.10 Å². The van der Waals surface area contributed by atoms with Gasteiger partial charge in [0.1, 0.15) is 18.3 Å². The van der Waals surface area contributed by atoms with Crippen LogP contribution in [-0.2, 0) is 19.4 Å². The third-order valence-electron chi connectivity index (χ3n) is 2.99. The molecule has 2 rings (SSSR count). The first-order valence-corrected chi connectivity index (χ1v) is 6.24. The first kappa shape index (κ1) is 12.7. The molecular weight excluding hydrogens is 228 g/mol. The maximum atomic E-state index is 10.3. The molecule has 0 aromatic carbocycles. The Bertz CT molecular complexity index is 509. The summed E-state index contributed by atoms with van der Waals surface area (Å²) in [6.45, 7) is 4.81. The topological polar surface area (TPSA) is 63.8 Å². The van der Waals surface area contributed by atoms with Gasteiger partial charge in [0.05, 0.1) is 5.69 Å². The van der Waals surface area contributed by atoms with Crippen molar-refractivity contribution in [3.05, 3.63) is 41.7 Å². The minimum Gasteiger partial charge on any atom is -0.386 e. The quantitative estimate of drug-likeness (QED) is 0.869. The van der Waals surface area contributed by atoms with Crippen LogP contribution in [0.3, 0.4) is 0 Å². The molecule has 0 bridgehead atoms. The van der Waals surface area contributed by atoms with Gasteiger partial charge in [-0.1, -0.05) is 13.0 Å². The number of aliphatic hydroxyl groups is 1. The monoisotopic (exact) mass is 246 g/mol. The van der Waals surface area contributed by atoms with E-state index in [1.165, 1.54) is 6.33 Å². The Morgan fingerprint density at radius 2 is 2.17 bits per heavy atom. The lowest BCUT2D eigenvalue weighted by Crippen LogP contribution is -2.12. The summed E-state index contributed by atoms with van der Waals surface area (Å²) in [5, 5.41) is 14.4. The van der Waals surface area contributed by atoms with Crippen LogP contribution in [0.4, 0.5) is 0 Å². The molecule has 1 N–H and O–H groups in total. The molecule has 0 saturated carbocycles. The van der Waals surface area contributed by atoms with E-state index < -0.39 is 6.10 Å². The molecule has 0 radical (unpaired) electrons. The Balaban J connectivity index is 2.19. The van der Waals surface area contributed by atoms with Crippen molar-refractivity contribution in [1.82, 2.24) is 19.7 Å². The summed E-state index contributed by atoms with van der Waals surface area (Å²) in [4.78, 5) is 8.45. The molecule has 5 heteroatoms. The zero-order valence-corrected chi connectivity index (χ0v) is 10.7. The van der Waals surface area contributed by atoms with Crippen molar-refractivity contribution in [2.24, 2.45) is 0 Å². The lowest BCUT2D eigenvalue weighted by molar-refractivity contribution is 0.168. The molecule has 96 valence electrons. The van der Waals surface area contributed by atoms with Gasteiger partial charge in [-0.15, -0.1) is 0 Å². The second-order valence-corrected chi connectivity index (χ2v) is 4.11. The van der Waals surface area contributed by atoms with Crippen molar-refractivity contribution in [3.8, 4) is 0 Å². The molecule has 0 aliphatic rings. The normalized spacial score (nSPS) is 12.6. The zero-order chi connectivity index (χ0) is 13.0. The average Bonchev–Trinajstić information content (AvgIpc) is 2.85. The number of aryl methyl sites for hydroxylation is 2. The van der Waals surface area contributed by atoms with Crippen LogP contribution in [0.15, 0.2) is 24.7 Å². The minimum atomic E-state index is -0.629. The summed E-state index contributed by atoms with van der Waals surface area (Å²) in [7, 11) is 0. The van der Waals surface area contributed by atoms with Crippen molar-refractivity contribution in [2.45, 2.75) is 39.3 Å². The van der Waals surface area contributed by atoms with E-state index in [0.717, 1.165) is 30.0 Å². The molecule has 18 heavy (non-hydrogen) atoms. The molecule has 0 spiro atoms. The van der Waals surface area contributed by atoms with Crippen LogP contribution >= 0.6 is 0 Å². The highest BCUT2D eigenvalue weighted by molar-refractivity contribution is 5.22. The van der Waals surface area contributed by atoms with Crippen LogP contribution in [0, 0.1) is 0 Å². The number of aromatic nitrogens is 4. The Labute approximate surface area is 107 Å². The number of rotatable bonds is 5. The molecule has 1 atom stereocenters. The van der Waals surface area contributed by atoms with E-state index in [9.17, 15) is 5.11 Å². The second-order valence-electron chi connectivity index (χ2n) is 4.11. The van der Waals surface area contributed by atoms with Crippen LogP contribution in [0.25, 0.3) is 0 Å². The van der Waals surface area contributed by atoms with E-state index in [2.05, 4.69) is 22.0 Å². The summed E-state index contributed by atoms with van der Waals surface area (Å²) >= 11 is 0. The Kier molecular flexibility index (Phi) is 4.04. The maximum absolute atomic E-state index is 10.3. The van der Waals surface area contributed by atoms with E-state index in [-0.39, 0.29) is 0 Å². The van der Waals surface area contributed by atoms with Crippen LogP contribution in [0.1, 0.15) is 37.0 Å². The van der Waals surface area contributed by atoms with Gasteiger partial charge in [-0.25, -0.2) is 4.98 Å². The molecule has 1 unspecified atom stereocenters. The van der Waals surface area contributed by atoms with Crippen molar-refractivity contribution in [1.29, 1.82) is 0 Å². The van der Waals surface area contributed by atoms with Crippen LogP contribution in [0.5, 0.6) is 0 Å². The fraction of sp³-hybridized carbons (Fsp3) is 0.462. The number of aliphatic hydroxyl groups excluding tert-OH is 1. The molecule has 0 aliphatic carbocycles. The van der Waals surface area contributed by atoms with Crippen molar-refractivity contribution >= 4 is 0 Å². The fourth-order valence-electron chi connectivity index (χ4n) is 2.03. The highest BCUT2D eigenvalue weighted by Crippen LogP contribution is 2.19. The van der Waals surface area contributed by atoms with Crippen molar-refractivity contribution < 1.29 is 5.11 Å². The first-order chi connectivity index (χ1) is 8.76. The molecule has 2 heterocycles. The summed E-state index contributed by atoms with van der Waals surface area (Å²) in [5.74, 6) is 0.790. The maximum Gasteiger partial charge on any atom is 0.138 e. The third-order valence-corrected chi connectivity index (χ3v) is 2.99. The smallest absolute Gasteiger partial charge is 0.138 e. The van der Waals surface area contributed by atoms with Gasteiger partial charge in [-0.05, 0) is 25.0 Å². The Morgan fingerprint density at radius 3 is 2.89 bits per heavy atom. The number of nitrogens with zero attached hydrogens (tertiary/aromatic N) is 4. The highest BCUT2D eigenvalue weighted by atomic mass is 16.3. The standard InChI is InChI=1S/C13H18N4O/c1-3-10-6-5-7-14-13(10)11(18)8-12-15-9-16-17(12)4-2/h5-7,9,11,18H,3-4,8H2,1-2H3. The molecule has 2 aromatic rings. The van der Waals surface area contributed by atoms with Crippen LogP contribution in [-0.4, -0.2) is 24.9 Å². The molecule has 0 saturated heterocycles. The molecule has 5 nitrogen and oxygen atoms in total. The highest BCUT2D eigenvalue weighted by Gasteiger charge is 2.16. The van der Waals surface area contributed by atoms with E-state index in [0.29, 0.717) is 6.42 Å². The predicted octanol–water partition coefficient (Wildman–Crippen LogP) is 1.53. The van der Waals surface area contributed by atoms with Gasteiger partial charge in [0.25, 0.3) is 0 Å². The van der Waals surface area contributed by atoms with Crippen molar-refractivity contribution in [2.75, 3.05) is 0 Å². The minimum absolute atomic E-state index is 0.442. The third kappa shape index (κ3) is 2.56. The van der Waals surface area contributed by atoms with Crippen molar-refractivity contribution in [3.63, 3.8) is 0 Å². The van der Waals surface area contributed by atoms with Gasteiger partial charge < -0.3 is 5.11 Å². The van der Waals surface area contributed by atoms with Gasteiger partial charge in [-0.3, -0.25) is 9.67 Å². The van der Waals surface area contributed by atoms with Gasteiger partial charge in [0, 0.05) is 19.2 Å². The molecule has 0 fully saturated rings. The zero-order valence-electron chi connectivity index (χ0n) is 10.7. The number of hydrogen-bond donors (Lipinski definition) is 1. The lowest BCUT2D eigenvalue weighted by atomic mass is 10.0. The molecular formula is C13H18N4O. The summed E-state index contributed by atoms with van der Waals surface area (Å²) < 4.78 is 1.79. The van der Waals surface area contributed by atoms with Crippen LogP contribution < -0.4 is 0 Å². The average molecular weight is 246 g/mol. The number of hydrogen-bond acceptors (Lipinski definition) is 4. The van der Waals surface area contributed by atoms with E-state index in [4.69, 9.17) is 0 Å². The van der Waals surface area contributed by atoms with E-state index in [1.807, 2.05) is 19.1 Å². The summed E-state index contributed by atoms with van der Waals surface area (Å²) in [6.07, 6.45) is 3.90. The Hall–Kier alpha value is -1.75. The number of pyridine rings is 1. The molecule has 0 aliphatic heterocycles. The largest absolute Gasteiger partial charge is 0.386 e. The predicted molar refractivity (Wildman–Crippen MR) is 68.0 cm³/mol. The van der Waals surface area contributed by atoms with Gasteiger partial charge in [0.2, 0.25) is 0 Å². The second kappa shape index (κ2) is 5.73. The molecule has 2 aromatic heterocycles. The fourth-order valence-corrected chi connectivity index (χ4v) is 2.03.